The number of aromatic nitrogens is 3. The van der Waals surface area contributed by atoms with Gasteiger partial charge in [0.05, 0.1) is 11.9 Å². The average molecular weight is 446 g/mol. The van der Waals surface area contributed by atoms with Crippen molar-refractivity contribution in [2.45, 2.75) is 6.92 Å². The van der Waals surface area contributed by atoms with Crippen molar-refractivity contribution in [1.82, 2.24) is 19.7 Å². The van der Waals surface area contributed by atoms with Gasteiger partial charge in [-0.25, -0.2) is 14.1 Å². The van der Waals surface area contributed by atoms with Crippen molar-refractivity contribution in [2.24, 2.45) is 0 Å². The van der Waals surface area contributed by atoms with Crippen LogP contribution in [0.25, 0.3) is 11.9 Å². The molecule has 0 atom stereocenters. The lowest BCUT2D eigenvalue weighted by Gasteiger charge is -2.35. The number of hydrogen-bond donors (Lipinski definition) is 0. The second-order valence-electron chi connectivity index (χ2n) is 7.22. The van der Waals surface area contributed by atoms with Crippen molar-refractivity contribution in [3.8, 4) is 5.82 Å². The fraction of sp³-hybridized carbons (Fsp3) is 0.273. The second kappa shape index (κ2) is 9.16. The maximum Gasteiger partial charge on any atom is 0.189 e. The van der Waals surface area contributed by atoms with E-state index in [4.69, 9.17) is 23.2 Å². The standard InChI is InChI=1S/C22H22Cl2FN5/c1-16-17(15-27-30(16)22-21(25)5-2-6-26-22)4-3-7-28-8-10-29(11-9-28)20-13-18(23)12-19(24)14-20/h2-6,12-15H,7-11H2,1H3/b4-3+. The first-order chi connectivity index (χ1) is 14.5. The van der Waals surface area contributed by atoms with E-state index in [2.05, 4.69) is 26.0 Å². The third-order valence-corrected chi connectivity index (χ3v) is 5.67. The van der Waals surface area contributed by atoms with Gasteiger partial charge in [-0.3, -0.25) is 4.90 Å². The number of hydrogen-bond acceptors (Lipinski definition) is 4. The van der Waals surface area contributed by atoms with E-state index >= 15 is 0 Å². The Labute approximate surface area is 185 Å². The highest BCUT2D eigenvalue weighted by molar-refractivity contribution is 6.35. The van der Waals surface area contributed by atoms with Gasteiger partial charge in [-0.1, -0.05) is 35.4 Å². The van der Waals surface area contributed by atoms with E-state index < -0.39 is 5.82 Å². The molecule has 0 spiro atoms. The van der Waals surface area contributed by atoms with Crippen molar-refractivity contribution in [2.75, 3.05) is 37.6 Å². The number of nitrogens with zero attached hydrogens (tertiary/aromatic N) is 5. The van der Waals surface area contributed by atoms with Gasteiger partial charge in [0.25, 0.3) is 0 Å². The summed E-state index contributed by atoms with van der Waals surface area (Å²) >= 11 is 12.2. The molecule has 156 valence electrons. The third-order valence-electron chi connectivity index (χ3n) is 5.23. The van der Waals surface area contributed by atoms with Crippen molar-refractivity contribution < 1.29 is 4.39 Å². The minimum atomic E-state index is -0.391. The first-order valence-electron chi connectivity index (χ1n) is 9.77. The van der Waals surface area contributed by atoms with Crippen LogP contribution in [0.5, 0.6) is 0 Å². The highest BCUT2D eigenvalue weighted by Crippen LogP contribution is 2.26. The van der Waals surface area contributed by atoms with Crippen molar-refractivity contribution in [1.29, 1.82) is 0 Å². The molecule has 4 rings (SSSR count). The Morgan fingerprint density at radius 3 is 2.53 bits per heavy atom. The molecule has 0 N–H and O–H groups in total. The van der Waals surface area contributed by atoms with E-state index in [-0.39, 0.29) is 5.82 Å². The zero-order chi connectivity index (χ0) is 21.1. The van der Waals surface area contributed by atoms with Crippen molar-refractivity contribution in [3.63, 3.8) is 0 Å². The van der Waals surface area contributed by atoms with Crippen LogP contribution >= 0.6 is 23.2 Å². The van der Waals surface area contributed by atoms with Crippen LogP contribution in [0.4, 0.5) is 10.1 Å². The summed E-state index contributed by atoms with van der Waals surface area (Å²) in [6, 6.07) is 8.61. The van der Waals surface area contributed by atoms with Gasteiger partial charge >= 0.3 is 0 Å². The predicted octanol–water partition coefficient (Wildman–Crippen LogP) is 4.86. The van der Waals surface area contributed by atoms with Gasteiger partial charge in [-0.2, -0.15) is 5.10 Å². The van der Waals surface area contributed by atoms with Crippen LogP contribution in [0.1, 0.15) is 11.3 Å². The van der Waals surface area contributed by atoms with Crippen LogP contribution in [-0.4, -0.2) is 52.4 Å². The molecule has 3 aromatic rings. The Bertz CT molecular complexity index is 1040. The van der Waals surface area contributed by atoms with E-state index in [0.29, 0.717) is 10.0 Å². The SMILES string of the molecule is Cc1c(/C=C/CN2CCN(c3cc(Cl)cc(Cl)c3)CC2)cnn1-c1ncccc1F. The van der Waals surface area contributed by atoms with E-state index in [1.807, 2.05) is 25.1 Å². The van der Waals surface area contributed by atoms with Crippen LogP contribution in [0.3, 0.4) is 0 Å². The lowest BCUT2D eigenvalue weighted by molar-refractivity contribution is 0.284. The molecular weight excluding hydrogens is 424 g/mol. The summed E-state index contributed by atoms with van der Waals surface area (Å²) < 4.78 is 15.5. The molecular formula is C22H22Cl2FN5. The van der Waals surface area contributed by atoms with Gasteiger partial charge in [-0.05, 0) is 37.3 Å². The summed E-state index contributed by atoms with van der Waals surface area (Å²) in [4.78, 5) is 8.78. The predicted molar refractivity (Wildman–Crippen MR) is 120 cm³/mol. The molecule has 1 aliphatic heterocycles. The zero-order valence-electron chi connectivity index (χ0n) is 16.6. The van der Waals surface area contributed by atoms with Gasteiger partial charge in [-0.15, -0.1) is 0 Å². The lowest BCUT2D eigenvalue weighted by atomic mass is 10.2. The summed E-state index contributed by atoms with van der Waals surface area (Å²) in [5.41, 5.74) is 2.87. The quantitative estimate of drug-likeness (QED) is 0.561. The summed E-state index contributed by atoms with van der Waals surface area (Å²) in [6.45, 7) is 6.49. The Morgan fingerprint density at radius 2 is 1.83 bits per heavy atom. The van der Waals surface area contributed by atoms with Crippen LogP contribution in [0.2, 0.25) is 10.0 Å². The largest absolute Gasteiger partial charge is 0.369 e. The minimum Gasteiger partial charge on any atom is -0.369 e. The zero-order valence-corrected chi connectivity index (χ0v) is 18.1. The Kier molecular flexibility index (Phi) is 6.37. The van der Waals surface area contributed by atoms with Gasteiger partial charge < -0.3 is 4.90 Å². The van der Waals surface area contributed by atoms with Gasteiger partial charge in [0, 0.05) is 60.2 Å². The number of benzene rings is 1. The first kappa shape index (κ1) is 20.8. The number of rotatable bonds is 5. The maximum atomic E-state index is 14.0. The first-order valence-corrected chi connectivity index (χ1v) is 10.5. The van der Waals surface area contributed by atoms with Crippen LogP contribution in [-0.2, 0) is 0 Å². The fourth-order valence-electron chi connectivity index (χ4n) is 3.57. The van der Waals surface area contributed by atoms with E-state index in [9.17, 15) is 4.39 Å². The summed E-state index contributed by atoms with van der Waals surface area (Å²) in [7, 11) is 0. The Hall–Kier alpha value is -2.41. The van der Waals surface area contributed by atoms with E-state index in [1.165, 1.54) is 10.7 Å². The molecule has 0 bridgehead atoms. The third kappa shape index (κ3) is 4.67. The van der Waals surface area contributed by atoms with Gasteiger partial charge in [0.15, 0.2) is 11.6 Å². The molecule has 8 heteroatoms. The topological polar surface area (TPSA) is 37.2 Å². The number of pyridine rings is 1. The molecule has 1 fully saturated rings. The average Bonchev–Trinajstić information content (AvgIpc) is 3.08. The normalized spacial score (nSPS) is 15.3. The smallest absolute Gasteiger partial charge is 0.189 e. The van der Waals surface area contributed by atoms with Crippen molar-refractivity contribution >= 4 is 35.0 Å². The van der Waals surface area contributed by atoms with E-state index in [1.54, 1.807) is 24.5 Å². The minimum absolute atomic E-state index is 0.215. The molecule has 1 aliphatic rings. The molecule has 3 heterocycles. The summed E-state index contributed by atoms with van der Waals surface area (Å²) in [5, 5.41) is 5.60. The highest BCUT2D eigenvalue weighted by atomic mass is 35.5. The second-order valence-corrected chi connectivity index (χ2v) is 8.10. The number of piperazine rings is 1. The van der Waals surface area contributed by atoms with E-state index in [0.717, 1.165) is 49.7 Å². The summed E-state index contributed by atoms with van der Waals surface area (Å²) in [5.74, 6) is -0.176. The fourth-order valence-corrected chi connectivity index (χ4v) is 4.09. The molecule has 1 aromatic carbocycles. The molecule has 1 saturated heterocycles. The van der Waals surface area contributed by atoms with Crippen LogP contribution < -0.4 is 4.90 Å². The lowest BCUT2D eigenvalue weighted by Crippen LogP contribution is -2.46. The molecule has 2 aromatic heterocycles. The van der Waals surface area contributed by atoms with Crippen LogP contribution in [0, 0.1) is 12.7 Å². The number of anilines is 1. The van der Waals surface area contributed by atoms with Crippen LogP contribution in [0.15, 0.2) is 48.8 Å². The number of halogens is 3. The molecule has 0 unspecified atom stereocenters. The monoisotopic (exact) mass is 445 g/mol. The maximum absolute atomic E-state index is 14.0. The molecule has 0 amide bonds. The van der Waals surface area contributed by atoms with Crippen molar-refractivity contribution in [3.05, 3.63) is 75.9 Å². The Balaban J connectivity index is 1.34. The molecule has 30 heavy (non-hydrogen) atoms. The summed E-state index contributed by atoms with van der Waals surface area (Å²) in [6.07, 6.45) is 7.45. The highest BCUT2D eigenvalue weighted by Gasteiger charge is 2.17. The molecule has 0 radical (unpaired) electrons. The Morgan fingerprint density at radius 1 is 1.10 bits per heavy atom. The van der Waals surface area contributed by atoms with Gasteiger partial charge in [0.1, 0.15) is 0 Å². The van der Waals surface area contributed by atoms with Gasteiger partial charge in [0.2, 0.25) is 0 Å². The molecule has 5 nitrogen and oxygen atoms in total. The molecule has 0 aliphatic carbocycles. The molecule has 0 saturated carbocycles.